The topological polar surface area (TPSA) is 36.5 Å². The van der Waals surface area contributed by atoms with E-state index in [-0.39, 0.29) is 17.7 Å². The van der Waals surface area contributed by atoms with Crippen LogP contribution in [0.5, 0.6) is 5.75 Å². The lowest BCUT2D eigenvalue weighted by molar-refractivity contribution is 0.386. The van der Waals surface area contributed by atoms with Gasteiger partial charge in [0.1, 0.15) is 0 Å². The molecular formula is C14H20FN3O. The van der Waals surface area contributed by atoms with Crippen LogP contribution in [0.15, 0.2) is 30.1 Å². The molecule has 0 aromatic heterocycles. The summed E-state index contributed by atoms with van der Waals surface area (Å²) in [5, 5.41) is 6.53. The first-order valence-corrected chi connectivity index (χ1v) is 6.44. The zero-order valence-electron chi connectivity index (χ0n) is 11.5. The van der Waals surface area contributed by atoms with Crippen LogP contribution in [-0.2, 0) is 0 Å². The number of nitrogens with one attached hydrogen (secondary N) is 2. The molecule has 1 aromatic rings. The van der Waals surface area contributed by atoms with Gasteiger partial charge in [0.2, 0.25) is 0 Å². The van der Waals surface area contributed by atoms with Crippen molar-refractivity contribution < 1.29 is 9.13 Å². The first-order valence-electron chi connectivity index (χ1n) is 6.44. The minimum absolute atomic E-state index is 0.261. The van der Waals surface area contributed by atoms with Crippen LogP contribution in [0, 0.1) is 5.82 Å². The molecule has 1 aromatic carbocycles. The van der Waals surface area contributed by atoms with Crippen LogP contribution in [0.2, 0.25) is 0 Å². The van der Waals surface area contributed by atoms with Gasteiger partial charge < -0.3 is 20.3 Å². The van der Waals surface area contributed by atoms with E-state index in [1.807, 2.05) is 6.20 Å². The van der Waals surface area contributed by atoms with E-state index in [0.29, 0.717) is 0 Å². The fourth-order valence-corrected chi connectivity index (χ4v) is 2.11. The highest BCUT2D eigenvalue weighted by Gasteiger charge is 2.14. The SMILES string of the molecule is CCN(CC1=CN[C@H](C)N1)c1ccc(F)c(OC)c1. The molecule has 104 valence electrons. The van der Waals surface area contributed by atoms with Crippen molar-refractivity contribution in [1.29, 1.82) is 0 Å². The van der Waals surface area contributed by atoms with E-state index < -0.39 is 0 Å². The minimum atomic E-state index is -0.337. The first-order chi connectivity index (χ1) is 9.13. The summed E-state index contributed by atoms with van der Waals surface area (Å²) in [5.74, 6) is -0.0633. The Balaban J connectivity index is 2.13. The lowest BCUT2D eigenvalue weighted by Gasteiger charge is -2.24. The molecule has 19 heavy (non-hydrogen) atoms. The van der Waals surface area contributed by atoms with E-state index in [0.717, 1.165) is 24.5 Å². The second-order valence-electron chi connectivity index (χ2n) is 4.54. The Morgan fingerprint density at radius 3 is 2.79 bits per heavy atom. The highest BCUT2D eigenvalue weighted by atomic mass is 19.1. The third-order valence-electron chi connectivity index (χ3n) is 3.15. The number of benzene rings is 1. The van der Waals surface area contributed by atoms with Crippen molar-refractivity contribution >= 4 is 5.69 Å². The van der Waals surface area contributed by atoms with Gasteiger partial charge in [0.15, 0.2) is 11.6 Å². The first kappa shape index (κ1) is 13.5. The Hall–Kier alpha value is -1.91. The van der Waals surface area contributed by atoms with E-state index in [1.165, 1.54) is 13.2 Å². The predicted octanol–water partition coefficient (Wildman–Crippen LogP) is 2.04. The molecule has 0 radical (unpaired) electrons. The van der Waals surface area contributed by atoms with Gasteiger partial charge in [0.25, 0.3) is 0 Å². The van der Waals surface area contributed by atoms with Crippen molar-refractivity contribution in [2.45, 2.75) is 20.0 Å². The van der Waals surface area contributed by atoms with E-state index in [2.05, 4.69) is 29.4 Å². The highest BCUT2D eigenvalue weighted by molar-refractivity contribution is 5.52. The van der Waals surface area contributed by atoms with Crippen LogP contribution in [0.25, 0.3) is 0 Å². The maximum atomic E-state index is 13.4. The number of anilines is 1. The lowest BCUT2D eigenvalue weighted by Crippen LogP contribution is -2.33. The molecule has 1 heterocycles. The number of hydrogen-bond donors (Lipinski definition) is 2. The summed E-state index contributed by atoms with van der Waals surface area (Å²) in [7, 11) is 1.48. The maximum absolute atomic E-state index is 13.4. The quantitative estimate of drug-likeness (QED) is 0.854. The van der Waals surface area contributed by atoms with Gasteiger partial charge in [-0.1, -0.05) is 0 Å². The third kappa shape index (κ3) is 3.10. The number of rotatable bonds is 5. The molecule has 0 saturated carbocycles. The predicted molar refractivity (Wildman–Crippen MR) is 74.7 cm³/mol. The van der Waals surface area contributed by atoms with Gasteiger partial charge in [-0.2, -0.15) is 0 Å². The molecule has 0 aliphatic carbocycles. The summed E-state index contributed by atoms with van der Waals surface area (Å²) in [6.07, 6.45) is 2.24. The van der Waals surface area contributed by atoms with Gasteiger partial charge in [-0.15, -0.1) is 0 Å². The van der Waals surface area contributed by atoms with E-state index in [4.69, 9.17) is 4.74 Å². The van der Waals surface area contributed by atoms with Crippen molar-refractivity contribution in [3.05, 3.63) is 35.9 Å². The number of likely N-dealkylation sites (N-methyl/N-ethyl adjacent to an activating group) is 1. The molecular weight excluding hydrogens is 245 g/mol. The van der Waals surface area contributed by atoms with Gasteiger partial charge in [-0.25, -0.2) is 4.39 Å². The number of halogens is 1. The van der Waals surface area contributed by atoms with E-state index in [1.54, 1.807) is 12.1 Å². The molecule has 2 rings (SSSR count). The van der Waals surface area contributed by atoms with Crippen molar-refractivity contribution in [3.63, 3.8) is 0 Å². The van der Waals surface area contributed by atoms with Crippen LogP contribution < -0.4 is 20.3 Å². The fraction of sp³-hybridized carbons (Fsp3) is 0.429. The standard InChI is InChI=1S/C14H20FN3O/c1-4-18(9-11-8-16-10(2)17-11)12-5-6-13(15)14(7-12)19-3/h5-8,10,16-17H,4,9H2,1-3H3/t10-/m0/s1. The normalized spacial score (nSPS) is 17.5. The van der Waals surface area contributed by atoms with Crippen molar-refractivity contribution in [3.8, 4) is 5.75 Å². The average Bonchev–Trinajstić information content (AvgIpc) is 2.82. The summed E-state index contributed by atoms with van der Waals surface area (Å²) in [4.78, 5) is 2.15. The summed E-state index contributed by atoms with van der Waals surface area (Å²) in [6, 6.07) is 4.94. The molecule has 0 bridgehead atoms. The molecule has 2 N–H and O–H groups in total. The molecule has 1 aliphatic rings. The number of nitrogens with zero attached hydrogens (tertiary/aromatic N) is 1. The van der Waals surface area contributed by atoms with Gasteiger partial charge in [0.05, 0.1) is 19.8 Å². The second-order valence-corrected chi connectivity index (χ2v) is 4.54. The monoisotopic (exact) mass is 265 g/mol. The molecule has 5 heteroatoms. The van der Waals surface area contributed by atoms with Crippen LogP contribution in [0.4, 0.5) is 10.1 Å². The van der Waals surface area contributed by atoms with Crippen LogP contribution in [0.3, 0.4) is 0 Å². The number of ether oxygens (including phenoxy) is 1. The second kappa shape index (κ2) is 5.82. The van der Waals surface area contributed by atoms with E-state index >= 15 is 0 Å². The van der Waals surface area contributed by atoms with E-state index in [9.17, 15) is 4.39 Å². The Labute approximate surface area is 113 Å². The van der Waals surface area contributed by atoms with Crippen LogP contribution in [0.1, 0.15) is 13.8 Å². The molecule has 0 amide bonds. The van der Waals surface area contributed by atoms with Gasteiger partial charge in [-0.05, 0) is 26.0 Å². The smallest absolute Gasteiger partial charge is 0.165 e. The lowest BCUT2D eigenvalue weighted by atomic mass is 10.2. The largest absolute Gasteiger partial charge is 0.494 e. The molecule has 0 unspecified atom stereocenters. The molecule has 0 saturated heterocycles. The zero-order chi connectivity index (χ0) is 13.8. The van der Waals surface area contributed by atoms with Crippen LogP contribution >= 0.6 is 0 Å². The number of methoxy groups -OCH3 is 1. The Morgan fingerprint density at radius 2 is 2.21 bits per heavy atom. The summed E-state index contributed by atoms with van der Waals surface area (Å²) >= 11 is 0. The molecule has 4 nitrogen and oxygen atoms in total. The summed E-state index contributed by atoms with van der Waals surface area (Å²) < 4.78 is 18.4. The van der Waals surface area contributed by atoms with Crippen molar-refractivity contribution in [2.24, 2.45) is 0 Å². The Morgan fingerprint density at radius 1 is 1.42 bits per heavy atom. The van der Waals surface area contributed by atoms with Gasteiger partial charge >= 0.3 is 0 Å². The minimum Gasteiger partial charge on any atom is -0.494 e. The van der Waals surface area contributed by atoms with Crippen molar-refractivity contribution in [2.75, 3.05) is 25.1 Å². The zero-order valence-corrected chi connectivity index (χ0v) is 11.5. The Kier molecular flexibility index (Phi) is 4.14. The highest BCUT2D eigenvalue weighted by Crippen LogP contribution is 2.24. The average molecular weight is 265 g/mol. The molecule has 1 atom stereocenters. The number of hydrogen-bond acceptors (Lipinski definition) is 4. The summed E-state index contributed by atoms with van der Waals surface area (Å²) in [6.45, 7) is 5.72. The maximum Gasteiger partial charge on any atom is 0.165 e. The molecule has 1 aliphatic heterocycles. The fourth-order valence-electron chi connectivity index (χ4n) is 2.11. The molecule has 0 fully saturated rings. The third-order valence-corrected chi connectivity index (χ3v) is 3.15. The summed E-state index contributed by atoms with van der Waals surface area (Å²) in [5.41, 5.74) is 2.07. The van der Waals surface area contributed by atoms with Gasteiger partial charge in [-0.3, -0.25) is 0 Å². The molecule has 0 spiro atoms. The van der Waals surface area contributed by atoms with Crippen LogP contribution in [-0.4, -0.2) is 26.4 Å². The van der Waals surface area contributed by atoms with Gasteiger partial charge in [0, 0.05) is 30.2 Å². The van der Waals surface area contributed by atoms with Crippen molar-refractivity contribution in [1.82, 2.24) is 10.6 Å². The Bertz CT molecular complexity index is 476.